The van der Waals surface area contributed by atoms with Gasteiger partial charge in [0.1, 0.15) is 11.4 Å². The smallest absolute Gasteiger partial charge is 0.357 e. The molecule has 0 amide bonds. The highest BCUT2D eigenvalue weighted by molar-refractivity contribution is 5.96. The molecule has 0 saturated heterocycles. The van der Waals surface area contributed by atoms with Crippen molar-refractivity contribution in [3.63, 3.8) is 0 Å². The van der Waals surface area contributed by atoms with Gasteiger partial charge < -0.3 is 9.72 Å². The fourth-order valence-corrected chi connectivity index (χ4v) is 2.59. The van der Waals surface area contributed by atoms with Gasteiger partial charge in [0.25, 0.3) is 0 Å². The van der Waals surface area contributed by atoms with Crippen LogP contribution < -0.4 is 16.0 Å². The van der Waals surface area contributed by atoms with Gasteiger partial charge in [0.05, 0.1) is 12.0 Å². The Morgan fingerprint density at radius 2 is 1.76 bits per heavy atom. The minimum atomic E-state index is -1.05. The molecule has 3 aromatic rings. The molecule has 0 aliphatic rings. The SMILES string of the molecule is COc1ccc(/C=C\c2[nH]c(=O)[nH]c(=O)c2[N+](=O)[O-])c2ccccc12. The monoisotopic (exact) mass is 339 g/mol. The number of nitrogens with one attached hydrogen (secondary N) is 2. The second-order valence-electron chi connectivity index (χ2n) is 5.16. The topological polar surface area (TPSA) is 118 Å². The minimum absolute atomic E-state index is 0.168. The van der Waals surface area contributed by atoms with Crippen LogP contribution in [0.2, 0.25) is 0 Å². The van der Waals surface area contributed by atoms with Crippen molar-refractivity contribution in [3.8, 4) is 5.75 Å². The molecule has 0 bridgehead atoms. The third kappa shape index (κ3) is 3.05. The molecule has 1 aromatic heterocycles. The highest BCUT2D eigenvalue weighted by Gasteiger charge is 2.18. The Hall–Kier alpha value is -3.68. The normalized spacial score (nSPS) is 11.1. The zero-order chi connectivity index (χ0) is 18.0. The number of methoxy groups -OCH3 is 1. The molecule has 0 aliphatic carbocycles. The summed E-state index contributed by atoms with van der Waals surface area (Å²) in [4.78, 5) is 37.4. The maximum absolute atomic E-state index is 11.6. The first-order chi connectivity index (χ1) is 12.0. The van der Waals surface area contributed by atoms with Crippen LogP contribution in [0.5, 0.6) is 5.75 Å². The van der Waals surface area contributed by atoms with Crippen molar-refractivity contribution >= 4 is 28.6 Å². The lowest BCUT2D eigenvalue weighted by Gasteiger charge is -2.07. The van der Waals surface area contributed by atoms with E-state index in [4.69, 9.17) is 4.74 Å². The van der Waals surface area contributed by atoms with Crippen LogP contribution in [0, 0.1) is 10.1 Å². The second-order valence-corrected chi connectivity index (χ2v) is 5.16. The van der Waals surface area contributed by atoms with Gasteiger partial charge in [-0.05, 0) is 23.1 Å². The van der Waals surface area contributed by atoms with Gasteiger partial charge >= 0.3 is 16.9 Å². The summed E-state index contributed by atoms with van der Waals surface area (Å²) < 4.78 is 5.32. The predicted octanol–water partition coefficient (Wildman–Crippen LogP) is 2.30. The summed E-state index contributed by atoms with van der Waals surface area (Å²) in [6, 6.07) is 11.1. The number of nitro groups is 1. The van der Waals surface area contributed by atoms with Crippen molar-refractivity contribution in [1.82, 2.24) is 9.97 Å². The Morgan fingerprint density at radius 1 is 1.04 bits per heavy atom. The van der Waals surface area contributed by atoms with Crippen molar-refractivity contribution in [2.75, 3.05) is 7.11 Å². The van der Waals surface area contributed by atoms with E-state index in [0.29, 0.717) is 5.75 Å². The van der Waals surface area contributed by atoms with Gasteiger partial charge in [-0.1, -0.05) is 36.4 Å². The molecule has 0 unspecified atom stereocenters. The lowest BCUT2D eigenvalue weighted by molar-refractivity contribution is -0.386. The van der Waals surface area contributed by atoms with Crippen LogP contribution in [-0.2, 0) is 0 Å². The molecule has 1 heterocycles. The largest absolute Gasteiger partial charge is 0.496 e. The molecule has 25 heavy (non-hydrogen) atoms. The number of fused-ring (bicyclic) bond motifs is 1. The van der Waals surface area contributed by atoms with Crippen LogP contribution in [0.15, 0.2) is 46.0 Å². The molecule has 2 aromatic carbocycles. The lowest BCUT2D eigenvalue weighted by atomic mass is 10.0. The fraction of sp³-hybridized carbons (Fsp3) is 0.0588. The fourth-order valence-electron chi connectivity index (χ4n) is 2.59. The van der Waals surface area contributed by atoms with E-state index in [0.717, 1.165) is 16.3 Å². The van der Waals surface area contributed by atoms with Crippen LogP contribution in [0.4, 0.5) is 5.69 Å². The first-order valence-corrected chi connectivity index (χ1v) is 7.26. The molecule has 0 spiro atoms. The van der Waals surface area contributed by atoms with Gasteiger partial charge in [-0.15, -0.1) is 0 Å². The zero-order valence-corrected chi connectivity index (χ0v) is 13.1. The number of aromatic amines is 2. The van der Waals surface area contributed by atoms with E-state index in [1.54, 1.807) is 25.3 Å². The second kappa shape index (κ2) is 6.44. The summed E-state index contributed by atoms with van der Waals surface area (Å²) in [5.74, 6) is 0.697. The summed E-state index contributed by atoms with van der Waals surface area (Å²) in [6.07, 6.45) is 2.93. The Kier molecular flexibility index (Phi) is 4.17. The molecule has 8 nitrogen and oxygen atoms in total. The van der Waals surface area contributed by atoms with Crippen LogP contribution in [0.1, 0.15) is 11.3 Å². The van der Waals surface area contributed by atoms with Crippen molar-refractivity contribution in [2.45, 2.75) is 0 Å². The summed E-state index contributed by atoms with van der Waals surface area (Å²) >= 11 is 0. The molecule has 0 fully saturated rings. The van der Waals surface area contributed by atoms with Crippen molar-refractivity contribution in [1.29, 1.82) is 0 Å². The van der Waals surface area contributed by atoms with E-state index in [-0.39, 0.29) is 5.69 Å². The number of H-pyrrole nitrogens is 2. The molecule has 8 heteroatoms. The highest BCUT2D eigenvalue weighted by atomic mass is 16.6. The average molecular weight is 339 g/mol. The third-order valence-electron chi connectivity index (χ3n) is 3.70. The van der Waals surface area contributed by atoms with E-state index in [1.165, 1.54) is 6.08 Å². The molecular weight excluding hydrogens is 326 g/mol. The van der Waals surface area contributed by atoms with E-state index >= 15 is 0 Å². The summed E-state index contributed by atoms with van der Waals surface area (Å²) in [5.41, 5.74) is -1.98. The maximum atomic E-state index is 11.6. The Balaban J connectivity index is 2.16. The van der Waals surface area contributed by atoms with Crippen LogP contribution >= 0.6 is 0 Å². The number of aromatic nitrogens is 2. The van der Waals surface area contributed by atoms with Crippen LogP contribution in [0.3, 0.4) is 0 Å². The predicted molar refractivity (Wildman–Crippen MR) is 93.8 cm³/mol. The minimum Gasteiger partial charge on any atom is -0.496 e. The molecule has 0 atom stereocenters. The van der Waals surface area contributed by atoms with Gasteiger partial charge in [0.2, 0.25) is 0 Å². The van der Waals surface area contributed by atoms with Gasteiger partial charge in [-0.25, -0.2) is 4.79 Å². The standard InChI is InChI=1S/C17H13N3O5/c1-25-14-9-7-10(11-4-2-3-5-12(11)14)6-8-13-15(20(23)24)16(21)19-17(22)18-13/h2-9H,1H3,(H2,18,19,21,22)/b8-6-. The molecule has 0 aliphatic heterocycles. The molecule has 2 N–H and O–H groups in total. The number of hydrogen-bond acceptors (Lipinski definition) is 5. The molecule has 0 radical (unpaired) electrons. The molecule has 126 valence electrons. The lowest BCUT2D eigenvalue weighted by Crippen LogP contribution is -2.25. The van der Waals surface area contributed by atoms with Gasteiger partial charge in [0.15, 0.2) is 0 Å². The zero-order valence-electron chi connectivity index (χ0n) is 13.1. The number of benzene rings is 2. The molecule has 0 saturated carbocycles. The van der Waals surface area contributed by atoms with E-state index in [2.05, 4.69) is 4.98 Å². The Labute approximate surface area is 140 Å². The molecular formula is C17H13N3O5. The van der Waals surface area contributed by atoms with Gasteiger partial charge in [0, 0.05) is 5.39 Å². The number of hydrogen-bond donors (Lipinski definition) is 2. The van der Waals surface area contributed by atoms with Crippen LogP contribution in [-0.4, -0.2) is 22.0 Å². The quantitative estimate of drug-likeness (QED) is 0.558. The Bertz CT molecular complexity index is 1110. The first-order valence-electron chi connectivity index (χ1n) is 7.26. The number of rotatable bonds is 4. The first kappa shape index (κ1) is 16.2. The van der Waals surface area contributed by atoms with Gasteiger partial charge in [-0.3, -0.25) is 19.9 Å². The summed E-state index contributed by atoms with van der Waals surface area (Å²) in [5, 5.41) is 12.8. The average Bonchev–Trinajstić information content (AvgIpc) is 2.58. The summed E-state index contributed by atoms with van der Waals surface area (Å²) in [7, 11) is 1.57. The van der Waals surface area contributed by atoms with E-state index in [1.807, 2.05) is 29.2 Å². The van der Waals surface area contributed by atoms with Crippen LogP contribution in [0.25, 0.3) is 22.9 Å². The Morgan fingerprint density at radius 3 is 2.44 bits per heavy atom. The van der Waals surface area contributed by atoms with E-state index in [9.17, 15) is 19.7 Å². The maximum Gasteiger partial charge on any atom is 0.357 e. The van der Waals surface area contributed by atoms with Crippen molar-refractivity contribution in [2.24, 2.45) is 0 Å². The number of nitrogens with zero attached hydrogens (tertiary/aromatic N) is 1. The molecule has 3 rings (SSSR count). The third-order valence-corrected chi connectivity index (χ3v) is 3.70. The highest BCUT2D eigenvalue weighted by Crippen LogP contribution is 2.29. The van der Waals surface area contributed by atoms with Crippen molar-refractivity contribution in [3.05, 3.63) is 78.6 Å². The summed E-state index contributed by atoms with van der Waals surface area (Å²) in [6.45, 7) is 0. The number of ether oxygens (including phenoxy) is 1. The van der Waals surface area contributed by atoms with Crippen molar-refractivity contribution < 1.29 is 9.66 Å². The van der Waals surface area contributed by atoms with E-state index < -0.39 is 21.9 Å². The van der Waals surface area contributed by atoms with Gasteiger partial charge in [-0.2, -0.15) is 0 Å².